The molecule has 0 aromatic carbocycles. The van der Waals surface area contributed by atoms with Gasteiger partial charge in [-0.3, -0.25) is 0 Å². The lowest BCUT2D eigenvalue weighted by Crippen LogP contribution is -2.15. The molecule has 0 heterocycles. The van der Waals surface area contributed by atoms with Crippen LogP contribution in [0.15, 0.2) is 0 Å². The van der Waals surface area contributed by atoms with Gasteiger partial charge < -0.3 is 5.11 Å². The van der Waals surface area contributed by atoms with E-state index in [1.54, 1.807) is 0 Å². The highest BCUT2D eigenvalue weighted by molar-refractivity contribution is 5.09. The summed E-state index contributed by atoms with van der Waals surface area (Å²) >= 11 is 0. The molecule has 1 heteroatoms. The van der Waals surface area contributed by atoms with Crippen LogP contribution in [0.3, 0.4) is 0 Å². The van der Waals surface area contributed by atoms with Gasteiger partial charge in [0.25, 0.3) is 0 Å². The molecular formula is C9H14O. The lowest BCUT2D eigenvalue weighted by atomic mass is 9.90. The van der Waals surface area contributed by atoms with Gasteiger partial charge >= 0.3 is 0 Å². The first-order valence-corrected chi connectivity index (χ1v) is 4.51. The zero-order chi connectivity index (χ0) is 6.72. The van der Waals surface area contributed by atoms with E-state index in [0.717, 1.165) is 23.7 Å². The zero-order valence-electron chi connectivity index (χ0n) is 6.16. The average molecular weight is 138 g/mol. The van der Waals surface area contributed by atoms with Gasteiger partial charge in [-0.15, -0.1) is 0 Å². The molecule has 1 nitrogen and oxygen atoms in total. The van der Waals surface area contributed by atoms with Crippen LogP contribution in [0.5, 0.6) is 0 Å². The summed E-state index contributed by atoms with van der Waals surface area (Å²) in [5.74, 6) is 4.88. The Kier molecular flexibility index (Phi) is 0.883. The van der Waals surface area contributed by atoms with Gasteiger partial charge in [-0.05, 0) is 48.9 Å². The molecule has 56 valence electrons. The molecule has 0 radical (unpaired) electrons. The van der Waals surface area contributed by atoms with E-state index in [2.05, 4.69) is 0 Å². The summed E-state index contributed by atoms with van der Waals surface area (Å²) < 4.78 is 0. The maximum atomic E-state index is 9.02. The Bertz CT molecular complexity index is 166. The Morgan fingerprint density at radius 3 is 2.70 bits per heavy atom. The minimum Gasteiger partial charge on any atom is -0.396 e. The van der Waals surface area contributed by atoms with Gasteiger partial charge in [0.1, 0.15) is 0 Å². The number of fused-ring (bicyclic) bond motifs is 3. The molecule has 5 unspecified atom stereocenters. The monoisotopic (exact) mass is 138 g/mol. The summed E-state index contributed by atoms with van der Waals surface area (Å²) in [7, 11) is 0. The molecule has 0 spiro atoms. The van der Waals surface area contributed by atoms with Crippen molar-refractivity contribution in [2.45, 2.75) is 19.3 Å². The van der Waals surface area contributed by atoms with Crippen molar-refractivity contribution in [1.29, 1.82) is 0 Å². The summed E-state index contributed by atoms with van der Waals surface area (Å²) in [4.78, 5) is 0. The second-order valence-corrected chi connectivity index (χ2v) is 4.40. The Hall–Kier alpha value is -0.0400. The predicted molar refractivity (Wildman–Crippen MR) is 38.4 cm³/mol. The Morgan fingerprint density at radius 2 is 1.90 bits per heavy atom. The topological polar surface area (TPSA) is 20.2 Å². The van der Waals surface area contributed by atoms with Gasteiger partial charge in [-0.25, -0.2) is 0 Å². The summed E-state index contributed by atoms with van der Waals surface area (Å²) in [5, 5.41) is 9.02. The minimum atomic E-state index is 0.463. The standard InChI is InChI=1S/C9H14O/c10-4-6-1-5-2-7(5)9-3-8(6)9/h5-10H,1-4H2. The molecule has 3 rings (SSSR count). The molecule has 3 fully saturated rings. The second kappa shape index (κ2) is 1.58. The second-order valence-electron chi connectivity index (χ2n) is 4.40. The molecule has 0 aromatic heterocycles. The van der Waals surface area contributed by atoms with E-state index in [1.165, 1.54) is 19.3 Å². The zero-order valence-corrected chi connectivity index (χ0v) is 6.16. The van der Waals surface area contributed by atoms with Crippen LogP contribution in [0.1, 0.15) is 19.3 Å². The average Bonchev–Trinajstić information content (AvgIpc) is 2.78. The first-order valence-electron chi connectivity index (χ1n) is 4.51. The SMILES string of the molecule is OCC1CC2CC2C2CC12. The van der Waals surface area contributed by atoms with Crippen LogP contribution in [-0.4, -0.2) is 11.7 Å². The van der Waals surface area contributed by atoms with E-state index >= 15 is 0 Å². The highest BCUT2D eigenvalue weighted by Gasteiger charge is 2.60. The van der Waals surface area contributed by atoms with Crippen LogP contribution in [0.2, 0.25) is 0 Å². The van der Waals surface area contributed by atoms with Gasteiger partial charge in [-0.2, -0.15) is 0 Å². The fourth-order valence-corrected chi connectivity index (χ4v) is 3.11. The van der Waals surface area contributed by atoms with Crippen molar-refractivity contribution in [2.75, 3.05) is 6.61 Å². The van der Waals surface area contributed by atoms with Gasteiger partial charge in [-0.1, -0.05) is 0 Å². The van der Waals surface area contributed by atoms with E-state index in [1.807, 2.05) is 0 Å². The van der Waals surface area contributed by atoms with Crippen LogP contribution < -0.4 is 0 Å². The van der Waals surface area contributed by atoms with Crippen LogP contribution >= 0.6 is 0 Å². The molecule has 3 aliphatic rings. The van der Waals surface area contributed by atoms with Crippen molar-refractivity contribution >= 4 is 0 Å². The van der Waals surface area contributed by atoms with Crippen LogP contribution in [0.4, 0.5) is 0 Å². The summed E-state index contributed by atoms with van der Waals surface area (Å²) in [6.45, 7) is 0.463. The number of rotatable bonds is 1. The minimum absolute atomic E-state index is 0.463. The van der Waals surface area contributed by atoms with Gasteiger partial charge in [0.2, 0.25) is 0 Å². The van der Waals surface area contributed by atoms with Gasteiger partial charge in [0.15, 0.2) is 0 Å². The van der Waals surface area contributed by atoms with Crippen molar-refractivity contribution in [3.63, 3.8) is 0 Å². The molecular weight excluding hydrogens is 124 g/mol. The lowest BCUT2D eigenvalue weighted by molar-refractivity contribution is 0.174. The Morgan fingerprint density at radius 1 is 1.00 bits per heavy atom. The summed E-state index contributed by atoms with van der Waals surface area (Å²) in [6.07, 6.45) is 4.30. The molecule has 5 atom stereocenters. The molecule has 0 amide bonds. The lowest BCUT2D eigenvalue weighted by Gasteiger charge is -2.17. The number of hydrogen-bond acceptors (Lipinski definition) is 1. The van der Waals surface area contributed by atoms with E-state index in [4.69, 9.17) is 5.11 Å². The highest BCUT2D eigenvalue weighted by atomic mass is 16.3. The fourth-order valence-electron chi connectivity index (χ4n) is 3.11. The Labute approximate surface area is 61.4 Å². The molecule has 1 N–H and O–H groups in total. The molecule has 10 heavy (non-hydrogen) atoms. The van der Waals surface area contributed by atoms with Crippen LogP contribution in [0.25, 0.3) is 0 Å². The third-order valence-electron chi connectivity index (χ3n) is 3.86. The molecule has 0 aliphatic heterocycles. The first-order chi connectivity index (χ1) is 4.90. The summed E-state index contributed by atoms with van der Waals surface area (Å²) in [5.41, 5.74) is 0. The van der Waals surface area contributed by atoms with Crippen LogP contribution in [0, 0.1) is 29.6 Å². The fraction of sp³-hybridized carbons (Fsp3) is 1.00. The van der Waals surface area contributed by atoms with Gasteiger partial charge in [0.05, 0.1) is 0 Å². The van der Waals surface area contributed by atoms with Crippen molar-refractivity contribution in [3.8, 4) is 0 Å². The largest absolute Gasteiger partial charge is 0.396 e. The molecule has 3 saturated carbocycles. The maximum absolute atomic E-state index is 9.02. The van der Waals surface area contributed by atoms with E-state index in [9.17, 15) is 0 Å². The number of aliphatic hydroxyl groups is 1. The van der Waals surface area contributed by atoms with Crippen LogP contribution in [-0.2, 0) is 0 Å². The quantitative estimate of drug-likeness (QED) is 0.578. The molecule has 0 bridgehead atoms. The smallest absolute Gasteiger partial charge is 0.0462 e. The molecule has 0 saturated heterocycles. The first kappa shape index (κ1) is 5.59. The van der Waals surface area contributed by atoms with Crippen molar-refractivity contribution < 1.29 is 5.11 Å². The summed E-state index contributed by atoms with van der Waals surface area (Å²) in [6, 6.07) is 0. The maximum Gasteiger partial charge on any atom is 0.0462 e. The highest BCUT2D eigenvalue weighted by Crippen LogP contribution is 2.67. The van der Waals surface area contributed by atoms with Crippen molar-refractivity contribution in [2.24, 2.45) is 29.6 Å². The van der Waals surface area contributed by atoms with E-state index < -0.39 is 0 Å². The molecule has 0 aromatic rings. The van der Waals surface area contributed by atoms with Crippen molar-refractivity contribution in [3.05, 3.63) is 0 Å². The third-order valence-corrected chi connectivity index (χ3v) is 3.86. The van der Waals surface area contributed by atoms with Gasteiger partial charge in [0, 0.05) is 6.61 Å². The third kappa shape index (κ3) is 0.572. The Balaban J connectivity index is 1.78. The molecule has 3 aliphatic carbocycles. The number of hydrogen-bond donors (Lipinski definition) is 1. The van der Waals surface area contributed by atoms with Crippen molar-refractivity contribution in [1.82, 2.24) is 0 Å². The predicted octanol–water partition coefficient (Wildman–Crippen LogP) is 1.27. The van der Waals surface area contributed by atoms with E-state index in [-0.39, 0.29) is 0 Å². The normalized spacial score (nSPS) is 62.7. The van der Waals surface area contributed by atoms with E-state index in [0.29, 0.717) is 12.5 Å². The number of aliphatic hydroxyl groups excluding tert-OH is 1.